The number of rotatable bonds is 6. The van der Waals surface area contributed by atoms with Crippen LogP contribution >= 0.6 is 0 Å². The van der Waals surface area contributed by atoms with Crippen molar-refractivity contribution < 1.29 is 14.3 Å². The number of H-pyrrole nitrogens is 1. The minimum Gasteiger partial charge on any atom is -0.494 e. The number of hydrogen-bond acceptors (Lipinski definition) is 5. The summed E-state index contributed by atoms with van der Waals surface area (Å²) in [7, 11) is 0. The maximum absolute atomic E-state index is 12.0. The molecule has 0 aliphatic rings. The van der Waals surface area contributed by atoms with Gasteiger partial charge < -0.3 is 9.72 Å². The molecule has 1 aromatic heterocycles. The first-order valence-corrected chi connectivity index (χ1v) is 8.29. The molecule has 26 heavy (non-hydrogen) atoms. The van der Waals surface area contributed by atoms with Gasteiger partial charge in [0.05, 0.1) is 6.61 Å². The molecule has 0 fully saturated rings. The molecule has 0 saturated carbocycles. The number of hydrazine groups is 1. The fourth-order valence-corrected chi connectivity index (χ4v) is 2.49. The zero-order valence-electron chi connectivity index (χ0n) is 15.0. The van der Waals surface area contributed by atoms with Crippen LogP contribution in [-0.2, 0) is 11.2 Å². The van der Waals surface area contributed by atoms with E-state index in [0.29, 0.717) is 35.7 Å². The van der Waals surface area contributed by atoms with E-state index in [1.54, 1.807) is 38.1 Å². The number of aryl methyl sites for hydroxylation is 2. The maximum atomic E-state index is 12.0. The van der Waals surface area contributed by atoms with Gasteiger partial charge in [0.2, 0.25) is 5.91 Å². The summed E-state index contributed by atoms with van der Waals surface area (Å²) in [5.41, 5.74) is 6.85. The van der Waals surface area contributed by atoms with E-state index in [-0.39, 0.29) is 12.3 Å². The molecule has 0 atom stereocenters. The number of aromatic nitrogens is 2. The van der Waals surface area contributed by atoms with Crippen molar-refractivity contribution in [2.24, 2.45) is 0 Å². The number of hydrogen-bond donors (Lipinski definition) is 3. The molecule has 0 aliphatic heterocycles. The van der Waals surface area contributed by atoms with Crippen LogP contribution in [0, 0.1) is 13.8 Å². The molecule has 0 radical (unpaired) electrons. The van der Waals surface area contributed by atoms with Gasteiger partial charge >= 0.3 is 5.69 Å². The first-order valence-electron chi connectivity index (χ1n) is 8.29. The van der Waals surface area contributed by atoms with Gasteiger partial charge in [-0.2, -0.15) is 4.98 Å². The molecule has 2 rings (SSSR count). The second-order valence-corrected chi connectivity index (χ2v) is 5.69. The number of nitrogens with one attached hydrogen (secondary N) is 3. The Kier molecular flexibility index (Phi) is 6.48. The SMILES string of the molecule is CCOc1ccc(C(=O)NNC(=O)CCc2c(C)nc(=O)[nH]c2C)cc1. The van der Waals surface area contributed by atoms with Crippen LogP contribution < -0.4 is 21.3 Å². The van der Waals surface area contributed by atoms with E-state index in [2.05, 4.69) is 20.8 Å². The molecule has 0 saturated heterocycles. The Balaban J connectivity index is 1.85. The van der Waals surface area contributed by atoms with Gasteiger partial charge in [0, 0.05) is 23.4 Å². The number of carbonyl (C=O) groups is 2. The van der Waals surface area contributed by atoms with Gasteiger partial charge in [-0.05, 0) is 57.0 Å². The van der Waals surface area contributed by atoms with Crippen molar-refractivity contribution in [1.29, 1.82) is 0 Å². The van der Waals surface area contributed by atoms with E-state index in [9.17, 15) is 14.4 Å². The van der Waals surface area contributed by atoms with Crippen molar-refractivity contribution in [3.8, 4) is 5.75 Å². The molecular weight excluding hydrogens is 336 g/mol. The van der Waals surface area contributed by atoms with E-state index < -0.39 is 11.6 Å². The predicted octanol–water partition coefficient (Wildman–Crippen LogP) is 1.18. The van der Waals surface area contributed by atoms with Crippen molar-refractivity contribution in [1.82, 2.24) is 20.8 Å². The Hall–Kier alpha value is -3.16. The van der Waals surface area contributed by atoms with Crippen molar-refractivity contribution >= 4 is 11.8 Å². The molecule has 3 N–H and O–H groups in total. The van der Waals surface area contributed by atoms with Gasteiger partial charge in [0.15, 0.2) is 0 Å². The minimum atomic E-state index is -0.417. The summed E-state index contributed by atoms with van der Waals surface area (Å²) in [6, 6.07) is 6.61. The fourth-order valence-electron chi connectivity index (χ4n) is 2.49. The highest BCUT2D eigenvalue weighted by Crippen LogP contribution is 2.12. The topological polar surface area (TPSA) is 113 Å². The Bertz CT molecular complexity index is 817. The molecule has 0 unspecified atom stereocenters. The average Bonchev–Trinajstić information content (AvgIpc) is 2.59. The number of nitrogens with zero attached hydrogens (tertiary/aromatic N) is 1. The van der Waals surface area contributed by atoms with Crippen LogP contribution in [0.5, 0.6) is 5.75 Å². The van der Waals surface area contributed by atoms with Crippen LogP contribution in [0.1, 0.15) is 40.7 Å². The second-order valence-electron chi connectivity index (χ2n) is 5.69. The van der Waals surface area contributed by atoms with E-state index in [0.717, 1.165) is 5.56 Å². The first kappa shape index (κ1) is 19.2. The van der Waals surface area contributed by atoms with Gasteiger partial charge in [-0.25, -0.2) is 4.79 Å². The Morgan fingerprint density at radius 2 is 1.85 bits per heavy atom. The Morgan fingerprint density at radius 1 is 1.15 bits per heavy atom. The van der Waals surface area contributed by atoms with Gasteiger partial charge in [-0.3, -0.25) is 20.4 Å². The molecule has 0 bridgehead atoms. The highest BCUT2D eigenvalue weighted by molar-refractivity contribution is 5.95. The van der Waals surface area contributed by atoms with Gasteiger partial charge in [0.1, 0.15) is 5.75 Å². The van der Waals surface area contributed by atoms with E-state index in [4.69, 9.17) is 4.74 Å². The summed E-state index contributed by atoms with van der Waals surface area (Å²) in [5.74, 6) is -0.0814. The summed E-state index contributed by atoms with van der Waals surface area (Å²) in [6.45, 7) is 5.91. The number of aromatic amines is 1. The molecule has 2 amide bonds. The smallest absolute Gasteiger partial charge is 0.345 e. The molecular formula is C18H22N4O4. The van der Waals surface area contributed by atoms with Gasteiger partial charge in [0.25, 0.3) is 5.91 Å². The lowest BCUT2D eigenvalue weighted by Crippen LogP contribution is -2.41. The second kappa shape index (κ2) is 8.80. The van der Waals surface area contributed by atoms with Crippen LogP contribution in [0.2, 0.25) is 0 Å². The van der Waals surface area contributed by atoms with Crippen molar-refractivity contribution in [2.75, 3.05) is 6.61 Å². The van der Waals surface area contributed by atoms with E-state index in [1.165, 1.54) is 0 Å². The molecule has 138 valence electrons. The maximum Gasteiger partial charge on any atom is 0.345 e. The molecule has 0 aliphatic carbocycles. The highest BCUT2D eigenvalue weighted by atomic mass is 16.5. The molecule has 8 nitrogen and oxygen atoms in total. The van der Waals surface area contributed by atoms with E-state index in [1.807, 2.05) is 6.92 Å². The standard InChI is InChI=1S/C18H22N4O4/c1-4-26-14-7-5-13(6-8-14)17(24)22-21-16(23)10-9-15-11(2)19-18(25)20-12(15)3/h5-8H,4,9-10H2,1-3H3,(H,21,23)(H,22,24)(H,19,20,25). The van der Waals surface area contributed by atoms with Crippen LogP contribution in [0.15, 0.2) is 29.1 Å². The lowest BCUT2D eigenvalue weighted by molar-refractivity contribution is -0.121. The predicted molar refractivity (Wildman–Crippen MR) is 95.9 cm³/mol. The molecule has 8 heteroatoms. The normalized spacial score (nSPS) is 10.3. The zero-order valence-corrected chi connectivity index (χ0v) is 15.0. The quantitative estimate of drug-likeness (QED) is 0.671. The van der Waals surface area contributed by atoms with Crippen molar-refractivity contribution in [3.05, 3.63) is 57.3 Å². The number of carbonyl (C=O) groups excluding carboxylic acids is 2. The third-order valence-corrected chi connectivity index (χ3v) is 3.80. The minimum absolute atomic E-state index is 0.152. The number of benzene rings is 1. The van der Waals surface area contributed by atoms with Crippen molar-refractivity contribution in [3.63, 3.8) is 0 Å². The lowest BCUT2D eigenvalue weighted by Gasteiger charge is -2.10. The van der Waals surface area contributed by atoms with Crippen LogP contribution in [0.3, 0.4) is 0 Å². The van der Waals surface area contributed by atoms with Crippen LogP contribution in [0.25, 0.3) is 0 Å². The van der Waals surface area contributed by atoms with E-state index >= 15 is 0 Å². The van der Waals surface area contributed by atoms with Crippen LogP contribution in [-0.4, -0.2) is 28.4 Å². The third kappa shape index (κ3) is 5.17. The molecule has 1 aromatic carbocycles. The Labute approximate surface area is 151 Å². The Morgan fingerprint density at radius 3 is 2.46 bits per heavy atom. The molecule has 2 aromatic rings. The number of amides is 2. The van der Waals surface area contributed by atoms with Gasteiger partial charge in [-0.1, -0.05) is 0 Å². The molecule has 0 spiro atoms. The summed E-state index contributed by atoms with van der Waals surface area (Å²) in [6.07, 6.45) is 0.561. The first-order chi connectivity index (χ1) is 12.4. The third-order valence-electron chi connectivity index (χ3n) is 3.80. The summed E-state index contributed by atoms with van der Waals surface area (Å²) in [5, 5.41) is 0. The summed E-state index contributed by atoms with van der Waals surface area (Å²) in [4.78, 5) is 41.7. The van der Waals surface area contributed by atoms with Crippen molar-refractivity contribution in [2.45, 2.75) is 33.6 Å². The highest BCUT2D eigenvalue weighted by Gasteiger charge is 2.11. The monoisotopic (exact) mass is 358 g/mol. The van der Waals surface area contributed by atoms with Gasteiger partial charge in [-0.15, -0.1) is 0 Å². The summed E-state index contributed by atoms with van der Waals surface area (Å²) < 4.78 is 5.31. The van der Waals surface area contributed by atoms with Crippen LogP contribution in [0.4, 0.5) is 0 Å². The fraction of sp³-hybridized carbons (Fsp3) is 0.333. The lowest BCUT2D eigenvalue weighted by atomic mass is 10.1. The number of ether oxygens (including phenoxy) is 1. The average molecular weight is 358 g/mol. The summed E-state index contributed by atoms with van der Waals surface area (Å²) >= 11 is 0. The molecule has 1 heterocycles. The largest absolute Gasteiger partial charge is 0.494 e. The zero-order chi connectivity index (χ0) is 19.1.